The van der Waals surface area contributed by atoms with Gasteiger partial charge in [0.2, 0.25) is 5.95 Å². The lowest BCUT2D eigenvalue weighted by molar-refractivity contribution is 0.340. The van der Waals surface area contributed by atoms with Gasteiger partial charge in [-0.25, -0.2) is 4.98 Å². The number of benzene rings is 2. The zero-order chi connectivity index (χ0) is 14.8. The second kappa shape index (κ2) is 5.17. The zero-order valence-electron chi connectivity index (χ0n) is 11.6. The summed E-state index contributed by atoms with van der Waals surface area (Å²) < 4.78 is 7.26. The Hall–Kier alpha value is -3.00. The number of aromatic nitrogens is 2. The van der Waals surface area contributed by atoms with Gasteiger partial charge in [0.25, 0.3) is 0 Å². The number of fused-ring (bicyclic) bond motifs is 1. The van der Waals surface area contributed by atoms with Crippen LogP contribution in [0.4, 0.5) is 5.95 Å². The lowest BCUT2D eigenvalue weighted by Crippen LogP contribution is -2.01. The number of imidazole rings is 1. The van der Waals surface area contributed by atoms with Crippen LogP contribution in [0, 0.1) is 11.3 Å². The smallest absolute Gasteiger partial charge is 0.205 e. The van der Waals surface area contributed by atoms with Gasteiger partial charge in [-0.2, -0.15) is 5.26 Å². The van der Waals surface area contributed by atoms with Crippen LogP contribution in [0.3, 0.4) is 0 Å². The first kappa shape index (κ1) is 13.0. The van der Waals surface area contributed by atoms with Crippen molar-refractivity contribution in [2.45, 2.75) is 6.92 Å². The van der Waals surface area contributed by atoms with Crippen molar-refractivity contribution in [2.24, 2.45) is 0 Å². The average Bonchev–Trinajstić information content (AvgIpc) is 2.83. The lowest BCUT2D eigenvalue weighted by atomic mass is 10.2. The molecule has 3 rings (SSSR count). The molecule has 0 saturated carbocycles. The molecule has 0 saturated heterocycles. The van der Waals surface area contributed by atoms with Gasteiger partial charge in [0.05, 0.1) is 29.3 Å². The number of ether oxygens (including phenoxy) is 1. The molecule has 2 N–H and O–H groups in total. The molecule has 0 aliphatic rings. The number of hydrogen-bond donors (Lipinski definition) is 1. The van der Waals surface area contributed by atoms with Crippen molar-refractivity contribution in [2.75, 3.05) is 12.3 Å². The van der Waals surface area contributed by atoms with Crippen LogP contribution in [0.1, 0.15) is 12.5 Å². The molecule has 0 aliphatic carbocycles. The van der Waals surface area contributed by atoms with Crippen LogP contribution in [0.15, 0.2) is 42.5 Å². The molecule has 21 heavy (non-hydrogen) atoms. The molecule has 104 valence electrons. The maximum atomic E-state index is 9.03. The summed E-state index contributed by atoms with van der Waals surface area (Å²) in [6.07, 6.45) is 0. The van der Waals surface area contributed by atoms with Gasteiger partial charge >= 0.3 is 0 Å². The number of nitrogens with zero attached hydrogens (tertiary/aromatic N) is 3. The van der Waals surface area contributed by atoms with E-state index in [0.717, 1.165) is 22.5 Å². The van der Waals surface area contributed by atoms with Crippen LogP contribution in [0.5, 0.6) is 5.75 Å². The summed E-state index contributed by atoms with van der Waals surface area (Å²) in [5.41, 5.74) is 9.05. The van der Waals surface area contributed by atoms with Crippen molar-refractivity contribution in [1.82, 2.24) is 9.55 Å². The standard InChI is InChI=1S/C16H14N4O/c1-2-21-13-6-4-12(5-7-13)20-15-9-11(10-17)3-8-14(15)19-16(20)18/h3-9H,2H2,1H3,(H2,18,19). The Kier molecular flexibility index (Phi) is 3.20. The van der Waals surface area contributed by atoms with Crippen LogP contribution in [-0.2, 0) is 0 Å². The number of anilines is 1. The SMILES string of the molecule is CCOc1ccc(-n2c(N)nc3ccc(C#N)cc32)cc1. The Labute approximate surface area is 122 Å². The Balaban J connectivity index is 2.14. The van der Waals surface area contributed by atoms with E-state index in [1.54, 1.807) is 18.2 Å². The predicted molar refractivity (Wildman–Crippen MR) is 81.4 cm³/mol. The van der Waals surface area contributed by atoms with Gasteiger partial charge in [0, 0.05) is 5.69 Å². The number of rotatable bonds is 3. The molecule has 5 nitrogen and oxygen atoms in total. The Morgan fingerprint density at radius 1 is 1.24 bits per heavy atom. The highest BCUT2D eigenvalue weighted by molar-refractivity contribution is 5.82. The van der Waals surface area contributed by atoms with Crippen LogP contribution in [0.2, 0.25) is 0 Å². The molecule has 0 bridgehead atoms. The summed E-state index contributed by atoms with van der Waals surface area (Å²) in [5.74, 6) is 1.20. The first-order valence-corrected chi connectivity index (χ1v) is 6.64. The highest BCUT2D eigenvalue weighted by Crippen LogP contribution is 2.25. The van der Waals surface area contributed by atoms with Crippen molar-refractivity contribution in [1.29, 1.82) is 5.26 Å². The number of nitriles is 1. The first-order chi connectivity index (χ1) is 10.2. The van der Waals surface area contributed by atoms with E-state index < -0.39 is 0 Å². The highest BCUT2D eigenvalue weighted by atomic mass is 16.5. The van der Waals surface area contributed by atoms with Gasteiger partial charge in [-0.1, -0.05) is 0 Å². The maximum absolute atomic E-state index is 9.03. The van der Waals surface area contributed by atoms with E-state index in [1.165, 1.54) is 0 Å². The summed E-state index contributed by atoms with van der Waals surface area (Å²) in [4.78, 5) is 4.32. The largest absolute Gasteiger partial charge is 0.494 e. The van der Waals surface area contributed by atoms with E-state index in [2.05, 4.69) is 11.1 Å². The van der Waals surface area contributed by atoms with Gasteiger partial charge in [-0.15, -0.1) is 0 Å². The molecule has 0 amide bonds. The van der Waals surface area contributed by atoms with Gasteiger partial charge in [0.15, 0.2) is 0 Å². The second-order valence-corrected chi connectivity index (χ2v) is 4.55. The third-order valence-corrected chi connectivity index (χ3v) is 3.22. The van der Waals surface area contributed by atoms with Crippen molar-refractivity contribution >= 4 is 17.0 Å². The summed E-state index contributed by atoms with van der Waals surface area (Å²) in [7, 11) is 0. The first-order valence-electron chi connectivity index (χ1n) is 6.64. The normalized spacial score (nSPS) is 10.5. The van der Waals surface area contributed by atoms with E-state index >= 15 is 0 Å². The van der Waals surface area contributed by atoms with E-state index in [0.29, 0.717) is 18.1 Å². The fourth-order valence-corrected chi connectivity index (χ4v) is 2.29. The molecule has 0 fully saturated rings. The molecule has 5 heteroatoms. The summed E-state index contributed by atoms with van der Waals surface area (Å²) in [5, 5.41) is 9.03. The van der Waals surface area contributed by atoms with E-state index in [-0.39, 0.29) is 0 Å². The van der Waals surface area contributed by atoms with Gasteiger partial charge < -0.3 is 10.5 Å². The minimum Gasteiger partial charge on any atom is -0.494 e. The fourth-order valence-electron chi connectivity index (χ4n) is 2.29. The average molecular weight is 278 g/mol. The van der Waals surface area contributed by atoms with E-state index in [9.17, 15) is 0 Å². The lowest BCUT2D eigenvalue weighted by Gasteiger charge is -2.08. The zero-order valence-corrected chi connectivity index (χ0v) is 11.6. The third kappa shape index (κ3) is 2.28. The molecule has 2 aromatic carbocycles. The van der Waals surface area contributed by atoms with Gasteiger partial charge in [-0.05, 0) is 49.4 Å². The maximum Gasteiger partial charge on any atom is 0.205 e. The van der Waals surface area contributed by atoms with Gasteiger partial charge in [-0.3, -0.25) is 4.57 Å². The predicted octanol–water partition coefficient (Wildman–Crippen LogP) is 2.88. The molecule has 3 aromatic rings. The molecular weight excluding hydrogens is 264 g/mol. The van der Waals surface area contributed by atoms with Crippen molar-refractivity contribution in [3.05, 3.63) is 48.0 Å². The summed E-state index contributed by atoms with van der Waals surface area (Å²) in [6.45, 7) is 2.57. The minimum atomic E-state index is 0.393. The molecule has 1 heterocycles. The van der Waals surface area contributed by atoms with Crippen molar-refractivity contribution < 1.29 is 4.74 Å². The number of nitrogen functional groups attached to an aromatic ring is 1. The Bertz CT molecular complexity index is 828. The van der Waals surface area contributed by atoms with Crippen LogP contribution >= 0.6 is 0 Å². The number of nitrogens with two attached hydrogens (primary N) is 1. The second-order valence-electron chi connectivity index (χ2n) is 4.55. The molecule has 0 atom stereocenters. The molecule has 0 spiro atoms. The minimum absolute atomic E-state index is 0.393. The quantitative estimate of drug-likeness (QED) is 0.799. The van der Waals surface area contributed by atoms with Crippen LogP contribution in [0.25, 0.3) is 16.7 Å². The number of hydrogen-bond acceptors (Lipinski definition) is 4. The van der Waals surface area contributed by atoms with Crippen LogP contribution < -0.4 is 10.5 Å². The third-order valence-electron chi connectivity index (χ3n) is 3.22. The van der Waals surface area contributed by atoms with E-state index in [1.807, 2.05) is 35.8 Å². The molecule has 0 aliphatic heterocycles. The van der Waals surface area contributed by atoms with E-state index in [4.69, 9.17) is 15.7 Å². The van der Waals surface area contributed by atoms with Crippen molar-refractivity contribution in [3.8, 4) is 17.5 Å². The molecule has 1 aromatic heterocycles. The summed E-state index contributed by atoms with van der Waals surface area (Å²) >= 11 is 0. The molecular formula is C16H14N4O. The Morgan fingerprint density at radius 2 is 2.00 bits per heavy atom. The molecule has 0 radical (unpaired) electrons. The fraction of sp³-hybridized carbons (Fsp3) is 0.125. The van der Waals surface area contributed by atoms with Crippen LogP contribution in [-0.4, -0.2) is 16.2 Å². The monoisotopic (exact) mass is 278 g/mol. The molecule has 0 unspecified atom stereocenters. The summed E-state index contributed by atoms with van der Waals surface area (Å²) in [6, 6.07) is 15.1. The Morgan fingerprint density at radius 3 is 2.67 bits per heavy atom. The van der Waals surface area contributed by atoms with Gasteiger partial charge in [0.1, 0.15) is 5.75 Å². The van der Waals surface area contributed by atoms with Crippen molar-refractivity contribution in [3.63, 3.8) is 0 Å². The highest BCUT2D eigenvalue weighted by Gasteiger charge is 2.10. The topological polar surface area (TPSA) is 76.9 Å².